The van der Waals surface area contributed by atoms with Crippen LogP contribution in [0.25, 0.3) is 5.69 Å². The Labute approximate surface area is 138 Å². The first-order valence-corrected chi connectivity index (χ1v) is 7.21. The summed E-state index contributed by atoms with van der Waals surface area (Å²) in [5, 5.41) is 10.8. The summed E-state index contributed by atoms with van der Waals surface area (Å²) in [6.07, 6.45) is 1.58. The van der Waals surface area contributed by atoms with Gasteiger partial charge in [0.1, 0.15) is 0 Å². The summed E-state index contributed by atoms with van der Waals surface area (Å²) in [6.45, 7) is 2.43. The normalized spacial score (nSPS) is 10.6. The number of rotatable bonds is 8. The van der Waals surface area contributed by atoms with E-state index < -0.39 is 4.92 Å². The van der Waals surface area contributed by atoms with E-state index in [1.54, 1.807) is 32.4 Å². The van der Waals surface area contributed by atoms with E-state index in [1.165, 1.54) is 22.8 Å². The predicted molar refractivity (Wildman–Crippen MR) is 86.8 cm³/mol. The van der Waals surface area contributed by atoms with E-state index in [9.17, 15) is 14.9 Å². The third-order valence-electron chi connectivity index (χ3n) is 3.29. The number of nitro benzene ring substituents is 1. The van der Waals surface area contributed by atoms with Crippen LogP contribution in [0.2, 0.25) is 0 Å². The molecule has 0 atom stereocenters. The summed E-state index contributed by atoms with van der Waals surface area (Å²) in [4.78, 5) is 22.8. The van der Waals surface area contributed by atoms with Crippen LogP contribution in [-0.2, 0) is 9.47 Å². The first kappa shape index (κ1) is 17.6. The van der Waals surface area contributed by atoms with E-state index in [0.29, 0.717) is 24.5 Å². The van der Waals surface area contributed by atoms with Crippen molar-refractivity contribution in [3.05, 3.63) is 62.6 Å². The summed E-state index contributed by atoms with van der Waals surface area (Å²) in [7, 11) is 1.56. The van der Waals surface area contributed by atoms with Gasteiger partial charge in [-0.15, -0.1) is 0 Å². The summed E-state index contributed by atoms with van der Waals surface area (Å²) in [5.74, 6) is 0.132. The molecular formula is C16H18N2O6. The van der Waals surface area contributed by atoms with Gasteiger partial charge in [0.2, 0.25) is 0 Å². The Morgan fingerprint density at radius 2 is 2.04 bits per heavy atom. The number of hydrogen-bond acceptors (Lipinski definition) is 6. The third-order valence-corrected chi connectivity index (χ3v) is 3.29. The van der Waals surface area contributed by atoms with Crippen LogP contribution < -0.4 is 10.3 Å². The number of pyridine rings is 1. The number of nitrogens with zero attached hydrogens (tertiary/aromatic N) is 2. The largest absolute Gasteiger partial charge is 0.462 e. The molecule has 0 aliphatic carbocycles. The van der Waals surface area contributed by atoms with E-state index in [-0.39, 0.29) is 23.8 Å². The fourth-order valence-electron chi connectivity index (χ4n) is 2.10. The molecule has 8 heteroatoms. The maximum absolute atomic E-state index is 12.5. The maximum atomic E-state index is 12.5. The minimum atomic E-state index is -0.476. The third kappa shape index (κ3) is 4.18. The lowest BCUT2D eigenvalue weighted by Crippen LogP contribution is -2.21. The first-order chi connectivity index (χ1) is 11.5. The molecule has 0 N–H and O–H groups in total. The van der Waals surface area contributed by atoms with Gasteiger partial charge in [0.05, 0.1) is 23.8 Å². The molecule has 1 aromatic heterocycles. The van der Waals surface area contributed by atoms with Crippen molar-refractivity contribution < 1.29 is 19.1 Å². The average Bonchev–Trinajstić information content (AvgIpc) is 2.56. The van der Waals surface area contributed by atoms with Gasteiger partial charge in [-0.3, -0.25) is 19.5 Å². The quantitative estimate of drug-likeness (QED) is 0.317. The highest BCUT2D eigenvalue weighted by Gasteiger charge is 2.12. The van der Waals surface area contributed by atoms with Crippen LogP contribution in [0.5, 0.6) is 5.75 Å². The smallest absolute Gasteiger partial charge is 0.297 e. The maximum Gasteiger partial charge on any atom is 0.297 e. The van der Waals surface area contributed by atoms with Gasteiger partial charge >= 0.3 is 0 Å². The Morgan fingerprint density at radius 1 is 1.25 bits per heavy atom. The predicted octanol–water partition coefficient (Wildman–Crippen LogP) is 2.05. The SMILES string of the molecule is COCCOCOc1cccn(-c2ccc([N+](=O)[O-])cc2C)c1=O. The first-order valence-electron chi connectivity index (χ1n) is 7.21. The number of non-ortho nitro benzene ring substituents is 1. The molecule has 24 heavy (non-hydrogen) atoms. The summed E-state index contributed by atoms with van der Waals surface area (Å²) in [6, 6.07) is 7.51. The minimum Gasteiger partial charge on any atom is -0.462 e. The lowest BCUT2D eigenvalue weighted by Gasteiger charge is -2.11. The Morgan fingerprint density at radius 3 is 2.71 bits per heavy atom. The molecule has 2 aromatic rings. The topological polar surface area (TPSA) is 92.8 Å². The van der Waals surface area contributed by atoms with Gasteiger partial charge in [0.15, 0.2) is 12.5 Å². The monoisotopic (exact) mass is 334 g/mol. The molecule has 8 nitrogen and oxygen atoms in total. The standard InChI is InChI=1S/C16H18N2O6/c1-12-10-13(18(20)21)5-6-14(12)17-7-3-4-15(16(17)19)24-11-23-9-8-22-2/h3-7,10H,8-9,11H2,1-2H3. The van der Waals surface area contributed by atoms with Crippen molar-refractivity contribution in [2.75, 3.05) is 27.1 Å². The number of hydrogen-bond donors (Lipinski definition) is 0. The number of aromatic nitrogens is 1. The van der Waals surface area contributed by atoms with Gasteiger partial charge < -0.3 is 14.2 Å². The van der Waals surface area contributed by atoms with E-state index in [1.807, 2.05) is 0 Å². The highest BCUT2D eigenvalue weighted by atomic mass is 16.7. The van der Waals surface area contributed by atoms with Crippen LogP contribution in [0, 0.1) is 17.0 Å². The van der Waals surface area contributed by atoms with Crippen molar-refractivity contribution in [2.24, 2.45) is 0 Å². The summed E-state index contributed by atoms with van der Waals surface area (Å²) >= 11 is 0. The minimum absolute atomic E-state index is 0.0248. The molecule has 2 rings (SSSR count). The number of ether oxygens (including phenoxy) is 3. The molecule has 0 bridgehead atoms. The molecular weight excluding hydrogens is 316 g/mol. The molecule has 0 aliphatic rings. The second-order valence-corrected chi connectivity index (χ2v) is 4.94. The molecule has 0 fully saturated rings. The lowest BCUT2D eigenvalue weighted by atomic mass is 10.1. The van der Waals surface area contributed by atoms with Gasteiger partial charge in [-0.1, -0.05) is 0 Å². The van der Waals surface area contributed by atoms with Gasteiger partial charge in [-0.25, -0.2) is 0 Å². The van der Waals surface area contributed by atoms with Crippen LogP contribution in [0.3, 0.4) is 0 Å². The number of benzene rings is 1. The molecule has 1 heterocycles. The number of nitro groups is 1. The molecule has 0 radical (unpaired) electrons. The van der Waals surface area contributed by atoms with Crippen LogP contribution in [-0.4, -0.2) is 36.6 Å². The van der Waals surface area contributed by atoms with Crippen LogP contribution in [0.15, 0.2) is 41.3 Å². The fourth-order valence-corrected chi connectivity index (χ4v) is 2.10. The fraction of sp³-hybridized carbons (Fsp3) is 0.312. The molecule has 0 saturated heterocycles. The molecule has 128 valence electrons. The van der Waals surface area contributed by atoms with Crippen molar-refractivity contribution in [2.45, 2.75) is 6.92 Å². The van der Waals surface area contributed by atoms with Crippen LogP contribution in [0.1, 0.15) is 5.56 Å². The molecule has 0 aliphatic heterocycles. The second-order valence-electron chi connectivity index (χ2n) is 4.94. The van der Waals surface area contributed by atoms with E-state index in [0.717, 1.165) is 0 Å². The van der Waals surface area contributed by atoms with E-state index >= 15 is 0 Å². The van der Waals surface area contributed by atoms with Crippen molar-refractivity contribution in [1.29, 1.82) is 0 Å². The van der Waals surface area contributed by atoms with Gasteiger partial charge in [0.25, 0.3) is 11.2 Å². The second kappa shape index (κ2) is 8.23. The molecule has 0 amide bonds. The Balaban J connectivity index is 2.21. The van der Waals surface area contributed by atoms with Gasteiger partial charge in [-0.2, -0.15) is 0 Å². The zero-order chi connectivity index (χ0) is 17.5. The van der Waals surface area contributed by atoms with E-state index in [2.05, 4.69) is 0 Å². The zero-order valence-electron chi connectivity index (χ0n) is 13.4. The number of methoxy groups -OCH3 is 1. The van der Waals surface area contributed by atoms with Crippen molar-refractivity contribution in [3.63, 3.8) is 0 Å². The molecule has 0 unspecified atom stereocenters. The highest BCUT2D eigenvalue weighted by Crippen LogP contribution is 2.20. The Bertz CT molecular complexity index is 771. The van der Waals surface area contributed by atoms with Crippen molar-refractivity contribution >= 4 is 5.69 Å². The number of aryl methyl sites for hydroxylation is 1. The highest BCUT2D eigenvalue weighted by molar-refractivity contribution is 5.48. The van der Waals surface area contributed by atoms with Crippen LogP contribution >= 0.6 is 0 Å². The van der Waals surface area contributed by atoms with Gasteiger partial charge in [0, 0.05) is 25.4 Å². The Hall–Kier alpha value is -2.71. The van der Waals surface area contributed by atoms with Crippen molar-refractivity contribution in [1.82, 2.24) is 4.57 Å². The van der Waals surface area contributed by atoms with Crippen LogP contribution in [0.4, 0.5) is 5.69 Å². The van der Waals surface area contributed by atoms with Crippen molar-refractivity contribution in [3.8, 4) is 11.4 Å². The lowest BCUT2D eigenvalue weighted by molar-refractivity contribution is -0.384. The average molecular weight is 334 g/mol. The summed E-state index contributed by atoms with van der Waals surface area (Å²) in [5.41, 5.74) is 0.768. The van der Waals surface area contributed by atoms with E-state index in [4.69, 9.17) is 14.2 Å². The molecule has 0 spiro atoms. The summed E-state index contributed by atoms with van der Waals surface area (Å²) < 4.78 is 16.7. The Kier molecular flexibility index (Phi) is 6.05. The molecule has 0 saturated carbocycles. The molecule has 1 aromatic carbocycles. The zero-order valence-corrected chi connectivity index (χ0v) is 13.4. The van der Waals surface area contributed by atoms with Gasteiger partial charge in [-0.05, 0) is 30.7 Å².